The summed E-state index contributed by atoms with van der Waals surface area (Å²) in [6, 6.07) is 7.33. The summed E-state index contributed by atoms with van der Waals surface area (Å²) in [6.07, 6.45) is 4.92. The molecule has 6 nitrogen and oxygen atoms in total. The van der Waals surface area contributed by atoms with Crippen molar-refractivity contribution >= 4 is 5.91 Å². The summed E-state index contributed by atoms with van der Waals surface area (Å²) in [5.41, 5.74) is 1.89. The number of rotatable bonds is 6. The number of nitrogens with one attached hydrogen (secondary N) is 2. The summed E-state index contributed by atoms with van der Waals surface area (Å²) in [5.74, 6) is 0.525. The van der Waals surface area contributed by atoms with E-state index in [1.165, 1.54) is 0 Å². The fourth-order valence-electron chi connectivity index (χ4n) is 2.58. The molecule has 0 saturated carbocycles. The highest BCUT2D eigenvalue weighted by atomic mass is 16.5. The van der Waals surface area contributed by atoms with Crippen LogP contribution >= 0.6 is 0 Å². The Morgan fingerprint density at radius 2 is 2.36 bits per heavy atom. The van der Waals surface area contributed by atoms with Crippen molar-refractivity contribution in [2.24, 2.45) is 5.92 Å². The van der Waals surface area contributed by atoms with Gasteiger partial charge in [-0.15, -0.1) is 0 Å². The predicted molar refractivity (Wildman–Crippen MR) is 82.3 cm³/mol. The number of carbonyl (C=O) groups is 1. The minimum atomic E-state index is -0.127. The largest absolute Gasteiger partial charge is 0.381 e. The molecule has 0 aliphatic carbocycles. The average molecular weight is 300 g/mol. The highest BCUT2D eigenvalue weighted by Crippen LogP contribution is 2.17. The lowest BCUT2D eigenvalue weighted by atomic mass is 10.0. The molecule has 2 aromatic rings. The van der Waals surface area contributed by atoms with Crippen LogP contribution in [0.3, 0.4) is 0 Å². The van der Waals surface area contributed by atoms with Crippen molar-refractivity contribution in [2.75, 3.05) is 19.8 Å². The Labute approximate surface area is 129 Å². The monoisotopic (exact) mass is 300 g/mol. The van der Waals surface area contributed by atoms with Gasteiger partial charge in [-0.05, 0) is 43.4 Å². The lowest BCUT2D eigenvalue weighted by molar-refractivity contribution is 0.0947. The van der Waals surface area contributed by atoms with Crippen molar-refractivity contribution < 1.29 is 9.53 Å². The lowest BCUT2D eigenvalue weighted by Crippen LogP contribution is -2.25. The molecule has 0 radical (unpaired) electrons. The molecule has 0 aromatic carbocycles. The molecule has 2 aromatic heterocycles. The Morgan fingerprint density at radius 3 is 3.14 bits per heavy atom. The van der Waals surface area contributed by atoms with Crippen LogP contribution < -0.4 is 5.32 Å². The molecular weight excluding hydrogens is 280 g/mol. The van der Waals surface area contributed by atoms with E-state index >= 15 is 0 Å². The van der Waals surface area contributed by atoms with Crippen LogP contribution in [0.5, 0.6) is 0 Å². The normalized spacial score (nSPS) is 17.5. The summed E-state index contributed by atoms with van der Waals surface area (Å²) in [4.78, 5) is 16.3. The van der Waals surface area contributed by atoms with E-state index in [0.717, 1.165) is 38.2 Å². The maximum absolute atomic E-state index is 12.1. The first-order valence-corrected chi connectivity index (χ1v) is 7.65. The third-order valence-electron chi connectivity index (χ3n) is 3.85. The smallest absolute Gasteiger partial charge is 0.269 e. The summed E-state index contributed by atoms with van der Waals surface area (Å²) in [6.45, 7) is 2.41. The van der Waals surface area contributed by atoms with Gasteiger partial charge >= 0.3 is 0 Å². The number of nitrogens with zero attached hydrogens (tertiary/aromatic N) is 2. The first kappa shape index (κ1) is 14.7. The van der Waals surface area contributed by atoms with Crippen LogP contribution in [0.1, 0.15) is 29.8 Å². The highest BCUT2D eigenvalue weighted by Gasteiger charge is 2.15. The zero-order valence-corrected chi connectivity index (χ0v) is 12.4. The maximum Gasteiger partial charge on any atom is 0.269 e. The van der Waals surface area contributed by atoms with E-state index in [1.807, 2.05) is 18.2 Å². The van der Waals surface area contributed by atoms with E-state index < -0.39 is 0 Å². The molecule has 22 heavy (non-hydrogen) atoms. The number of hydrogen-bond donors (Lipinski definition) is 2. The number of pyridine rings is 1. The molecule has 2 N–H and O–H groups in total. The van der Waals surface area contributed by atoms with Crippen molar-refractivity contribution in [3.63, 3.8) is 0 Å². The van der Waals surface area contributed by atoms with Crippen LogP contribution in [-0.2, 0) is 4.74 Å². The Kier molecular flexibility index (Phi) is 4.80. The van der Waals surface area contributed by atoms with Gasteiger partial charge in [-0.25, -0.2) is 0 Å². The second-order valence-electron chi connectivity index (χ2n) is 5.51. The summed E-state index contributed by atoms with van der Waals surface area (Å²) in [7, 11) is 0. The van der Waals surface area contributed by atoms with Gasteiger partial charge in [0.2, 0.25) is 0 Å². The fourth-order valence-corrected chi connectivity index (χ4v) is 2.58. The predicted octanol–water partition coefficient (Wildman–Crippen LogP) is 2.02. The minimum Gasteiger partial charge on any atom is -0.381 e. The molecule has 3 rings (SSSR count). The van der Waals surface area contributed by atoms with E-state index in [1.54, 1.807) is 12.3 Å². The van der Waals surface area contributed by atoms with Crippen LogP contribution in [0.15, 0.2) is 30.5 Å². The molecule has 0 bridgehead atoms. The Balaban J connectivity index is 1.47. The van der Waals surface area contributed by atoms with Gasteiger partial charge in [0.15, 0.2) is 0 Å². The molecular formula is C16H20N4O2. The van der Waals surface area contributed by atoms with E-state index in [2.05, 4.69) is 20.5 Å². The number of amides is 1. The zero-order chi connectivity index (χ0) is 15.2. The summed E-state index contributed by atoms with van der Waals surface area (Å²) >= 11 is 0. The summed E-state index contributed by atoms with van der Waals surface area (Å²) < 4.78 is 5.34. The Bertz CT molecular complexity index is 606. The van der Waals surface area contributed by atoms with Crippen molar-refractivity contribution in [1.29, 1.82) is 0 Å². The molecule has 6 heteroatoms. The van der Waals surface area contributed by atoms with Gasteiger partial charge < -0.3 is 10.1 Å². The number of aromatic nitrogens is 3. The van der Waals surface area contributed by atoms with Crippen molar-refractivity contribution in [3.05, 3.63) is 36.2 Å². The van der Waals surface area contributed by atoms with Crippen molar-refractivity contribution in [1.82, 2.24) is 20.5 Å². The number of aromatic amines is 1. The van der Waals surface area contributed by atoms with Gasteiger partial charge in [-0.1, -0.05) is 6.07 Å². The maximum atomic E-state index is 12.1. The number of hydrogen-bond acceptors (Lipinski definition) is 4. The van der Waals surface area contributed by atoms with Crippen LogP contribution in [-0.4, -0.2) is 40.8 Å². The molecule has 3 heterocycles. The van der Waals surface area contributed by atoms with Crippen LogP contribution in [0, 0.1) is 5.92 Å². The SMILES string of the molecule is O=C(NCCC[C@@H]1CCOC1)c1cc(-c2ccccn2)n[nH]1. The molecule has 1 amide bonds. The van der Waals surface area contributed by atoms with Crippen molar-refractivity contribution in [2.45, 2.75) is 19.3 Å². The van der Waals surface area contributed by atoms with Crippen LogP contribution in [0.25, 0.3) is 11.4 Å². The molecule has 0 spiro atoms. The molecule has 0 unspecified atom stereocenters. The summed E-state index contributed by atoms with van der Waals surface area (Å²) in [5, 5.41) is 9.81. The molecule has 1 atom stereocenters. The molecule has 1 fully saturated rings. The van der Waals surface area contributed by atoms with Gasteiger partial charge in [-0.3, -0.25) is 14.9 Å². The molecule has 116 valence electrons. The third kappa shape index (κ3) is 3.71. The van der Waals surface area contributed by atoms with E-state index in [4.69, 9.17) is 4.74 Å². The van der Waals surface area contributed by atoms with Crippen LogP contribution in [0.2, 0.25) is 0 Å². The second kappa shape index (κ2) is 7.17. The van der Waals surface area contributed by atoms with E-state index in [0.29, 0.717) is 23.9 Å². The molecule has 1 aliphatic heterocycles. The number of carbonyl (C=O) groups excluding carboxylic acids is 1. The molecule has 1 saturated heterocycles. The Hall–Kier alpha value is -2.21. The zero-order valence-electron chi connectivity index (χ0n) is 12.4. The van der Waals surface area contributed by atoms with Crippen LogP contribution in [0.4, 0.5) is 0 Å². The Morgan fingerprint density at radius 1 is 1.41 bits per heavy atom. The average Bonchev–Trinajstić information content (AvgIpc) is 3.24. The molecule has 1 aliphatic rings. The number of ether oxygens (including phenoxy) is 1. The quantitative estimate of drug-likeness (QED) is 0.800. The van der Waals surface area contributed by atoms with E-state index in [9.17, 15) is 4.79 Å². The third-order valence-corrected chi connectivity index (χ3v) is 3.85. The van der Waals surface area contributed by atoms with Crippen molar-refractivity contribution in [3.8, 4) is 11.4 Å². The lowest BCUT2D eigenvalue weighted by Gasteiger charge is -2.07. The second-order valence-corrected chi connectivity index (χ2v) is 5.51. The van der Waals surface area contributed by atoms with Gasteiger partial charge in [0.25, 0.3) is 5.91 Å². The standard InChI is InChI=1S/C16H20N4O2/c21-16(18-8-3-4-12-6-9-22-11-12)15-10-14(19-20-15)13-5-1-2-7-17-13/h1-2,5,7,10,12H,3-4,6,8-9,11H2,(H,18,21)(H,19,20)/t12-/m1/s1. The minimum absolute atomic E-state index is 0.127. The van der Waals surface area contributed by atoms with Gasteiger partial charge in [0.05, 0.1) is 5.69 Å². The highest BCUT2D eigenvalue weighted by molar-refractivity contribution is 5.93. The van der Waals surface area contributed by atoms with Gasteiger partial charge in [0, 0.05) is 26.0 Å². The van der Waals surface area contributed by atoms with Gasteiger partial charge in [0.1, 0.15) is 11.4 Å². The topological polar surface area (TPSA) is 79.9 Å². The number of H-pyrrole nitrogens is 1. The first-order valence-electron chi connectivity index (χ1n) is 7.65. The van der Waals surface area contributed by atoms with Gasteiger partial charge in [-0.2, -0.15) is 5.10 Å². The van der Waals surface area contributed by atoms with E-state index in [-0.39, 0.29) is 5.91 Å². The fraction of sp³-hybridized carbons (Fsp3) is 0.438. The first-order chi connectivity index (χ1) is 10.8.